The van der Waals surface area contributed by atoms with Crippen LogP contribution in [0.4, 0.5) is 5.69 Å². The van der Waals surface area contributed by atoms with E-state index in [0.29, 0.717) is 6.42 Å². The lowest BCUT2D eigenvalue weighted by Crippen LogP contribution is -2.24. The monoisotopic (exact) mass is 204 g/mol. The molecule has 1 aromatic rings. The maximum Gasteiger partial charge on any atom is 0.0718 e. The Hall–Kier alpha value is -1.77. The highest BCUT2D eigenvalue weighted by Gasteiger charge is 2.04. The van der Waals surface area contributed by atoms with Gasteiger partial charge in [0.15, 0.2) is 0 Å². The smallest absolute Gasteiger partial charge is 0.0718 e. The van der Waals surface area contributed by atoms with Crippen molar-refractivity contribution < 1.29 is 9.90 Å². The molecular weight excluding hydrogens is 190 g/mol. The second-order valence-corrected chi connectivity index (χ2v) is 3.52. The molecule has 0 bridgehead atoms. The molecule has 0 aliphatic heterocycles. The molecule has 0 saturated carbocycles. The maximum absolute atomic E-state index is 10.8. The van der Waals surface area contributed by atoms with Crippen molar-refractivity contribution in [3.63, 3.8) is 0 Å². The van der Waals surface area contributed by atoms with Crippen molar-refractivity contribution in [3.05, 3.63) is 42.0 Å². The summed E-state index contributed by atoms with van der Waals surface area (Å²) in [5, 5.41) is 10.8. The molecular formula is C12H14NO2-. The number of carboxylic acid groups (broad SMARTS) is 1. The van der Waals surface area contributed by atoms with E-state index in [9.17, 15) is 9.90 Å². The molecule has 1 aromatic carbocycles. The first-order valence-corrected chi connectivity index (χ1v) is 4.68. The summed E-state index contributed by atoms with van der Waals surface area (Å²) in [7, 11) is 3.82. The number of carbonyl (C=O) groups is 1. The van der Waals surface area contributed by atoms with Crippen LogP contribution in [-0.2, 0) is 6.42 Å². The van der Waals surface area contributed by atoms with Gasteiger partial charge in [0, 0.05) is 25.3 Å². The quantitative estimate of drug-likeness (QED) is 0.683. The molecule has 0 aliphatic rings. The van der Waals surface area contributed by atoms with Crippen molar-refractivity contribution >= 4 is 11.7 Å². The fourth-order valence-corrected chi connectivity index (χ4v) is 1.38. The Morgan fingerprint density at radius 2 is 2.20 bits per heavy atom. The summed E-state index contributed by atoms with van der Waals surface area (Å²) in [5.41, 5.74) is 1.94. The fraction of sp³-hybridized carbons (Fsp3) is 0.250. The van der Waals surface area contributed by atoms with Crippen molar-refractivity contribution in [1.82, 2.24) is 0 Å². The summed E-state index contributed by atoms with van der Waals surface area (Å²) >= 11 is 0. The van der Waals surface area contributed by atoms with Gasteiger partial charge in [-0.25, -0.2) is 0 Å². The molecule has 0 amide bonds. The van der Waals surface area contributed by atoms with Crippen LogP contribution in [0.1, 0.15) is 15.9 Å². The first kappa shape index (κ1) is 11.3. The highest BCUT2D eigenvalue weighted by molar-refractivity contribution is 5.88. The minimum absolute atomic E-state index is 0.237. The summed E-state index contributed by atoms with van der Waals surface area (Å²) in [6.45, 7) is 3.60. The van der Waals surface area contributed by atoms with Crippen LogP contribution in [0.25, 0.3) is 0 Å². The molecule has 0 saturated heterocycles. The number of carboxylic acids is 1. The molecule has 0 radical (unpaired) electrons. The standard InChI is InChI=1S/C12H15NO2/c1-4-5-9-8-10(13(2)3)6-7-11(9)12(14)15/h4,6-8H,1,5H2,2-3H3,(H,14,15)/p-1. The molecule has 0 fully saturated rings. The summed E-state index contributed by atoms with van der Waals surface area (Å²) in [6, 6.07) is 5.17. The molecule has 3 heteroatoms. The van der Waals surface area contributed by atoms with Crippen molar-refractivity contribution in [2.45, 2.75) is 6.42 Å². The van der Waals surface area contributed by atoms with Gasteiger partial charge in [-0.3, -0.25) is 0 Å². The predicted octanol–water partition coefficient (Wildman–Crippen LogP) is 0.845. The Kier molecular flexibility index (Phi) is 3.50. The molecule has 0 N–H and O–H groups in total. The van der Waals surface area contributed by atoms with Gasteiger partial charge in [0.25, 0.3) is 0 Å². The molecule has 0 aliphatic carbocycles. The zero-order valence-corrected chi connectivity index (χ0v) is 8.99. The third-order valence-corrected chi connectivity index (χ3v) is 2.19. The Labute approximate surface area is 89.6 Å². The van der Waals surface area contributed by atoms with Crippen molar-refractivity contribution in [2.75, 3.05) is 19.0 Å². The van der Waals surface area contributed by atoms with E-state index in [1.54, 1.807) is 18.2 Å². The number of rotatable bonds is 4. The van der Waals surface area contributed by atoms with Gasteiger partial charge < -0.3 is 14.8 Å². The molecule has 0 atom stereocenters. The van der Waals surface area contributed by atoms with Crippen molar-refractivity contribution in [1.29, 1.82) is 0 Å². The number of carbonyl (C=O) groups excluding carboxylic acids is 1. The molecule has 15 heavy (non-hydrogen) atoms. The zero-order valence-electron chi connectivity index (χ0n) is 8.99. The highest BCUT2D eigenvalue weighted by Crippen LogP contribution is 2.18. The molecule has 1 rings (SSSR count). The highest BCUT2D eigenvalue weighted by atomic mass is 16.4. The van der Waals surface area contributed by atoms with Crippen LogP contribution in [0.5, 0.6) is 0 Å². The second-order valence-electron chi connectivity index (χ2n) is 3.52. The number of aromatic carboxylic acids is 1. The van der Waals surface area contributed by atoms with Crippen molar-refractivity contribution in [3.8, 4) is 0 Å². The second kappa shape index (κ2) is 4.64. The van der Waals surface area contributed by atoms with E-state index < -0.39 is 5.97 Å². The van der Waals surface area contributed by atoms with Gasteiger partial charge in [-0.05, 0) is 24.1 Å². The number of hydrogen-bond donors (Lipinski definition) is 0. The van der Waals surface area contributed by atoms with Crippen LogP contribution >= 0.6 is 0 Å². The third-order valence-electron chi connectivity index (χ3n) is 2.19. The van der Waals surface area contributed by atoms with E-state index in [4.69, 9.17) is 0 Å². The van der Waals surface area contributed by atoms with Gasteiger partial charge in [0.2, 0.25) is 0 Å². The topological polar surface area (TPSA) is 43.4 Å². The Morgan fingerprint density at radius 1 is 1.53 bits per heavy atom. The van der Waals surface area contributed by atoms with Crippen molar-refractivity contribution in [2.24, 2.45) is 0 Å². The number of nitrogens with zero attached hydrogens (tertiary/aromatic N) is 1. The lowest BCUT2D eigenvalue weighted by Gasteiger charge is -2.16. The van der Waals surface area contributed by atoms with Gasteiger partial charge >= 0.3 is 0 Å². The van der Waals surface area contributed by atoms with E-state index in [1.807, 2.05) is 25.1 Å². The van der Waals surface area contributed by atoms with Gasteiger partial charge in [0.1, 0.15) is 0 Å². The van der Waals surface area contributed by atoms with Crippen LogP contribution in [-0.4, -0.2) is 20.1 Å². The van der Waals surface area contributed by atoms with E-state index in [2.05, 4.69) is 6.58 Å². The van der Waals surface area contributed by atoms with Crippen LogP contribution in [0.15, 0.2) is 30.9 Å². The molecule has 0 spiro atoms. The summed E-state index contributed by atoms with van der Waals surface area (Å²) in [5.74, 6) is -1.14. The number of benzene rings is 1. The Balaban J connectivity index is 3.20. The van der Waals surface area contributed by atoms with Gasteiger partial charge in [-0.15, -0.1) is 6.58 Å². The molecule has 0 aromatic heterocycles. The van der Waals surface area contributed by atoms with Crippen LogP contribution in [0.3, 0.4) is 0 Å². The molecule has 3 nitrogen and oxygen atoms in total. The normalized spacial score (nSPS) is 9.73. The first-order chi connectivity index (χ1) is 7.06. The van der Waals surface area contributed by atoms with E-state index in [1.165, 1.54) is 0 Å². The number of hydrogen-bond acceptors (Lipinski definition) is 3. The molecule has 0 heterocycles. The number of allylic oxidation sites excluding steroid dienone is 1. The van der Waals surface area contributed by atoms with Gasteiger partial charge in [-0.2, -0.15) is 0 Å². The van der Waals surface area contributed by atoms with Gasteiger partial charge in [0.05, 0.1) is 5.97 Å². The third kappa shape index (κ3) is 2.59. The lowest BCUT2D eigenvalue weighted by molar-refractivity contribution is -0.255. The zero-order chi connectivity index (χ0) is 11.4. The van der Waals surface area contributed by atoms with Crippen LogP contribution in [0.2, 0.25) is 0 Å². The van der Waals surface area contributed by atoms with Crippen LogP contribution in [0, 0.1) is 0 Å². The van der Waals surface area contributed by atoms with E-state index in [0.717, 1.165) is 11.3 Å². The SMILES string of the molecule is C=CCc1cc(N(C)C)ccc1C(=O)[O-]. The first-order valence-electron chi connectivity index (χ1n) is 4.68. The minimum atomic E-state index is -1.14. The Morgan fingerprint density at radius 3 is 2.67 bits per heavy atom. The maximum atomic E-state index is 10.8. The van der Waals surface area contributed by atoms with Crippen LogP contribution < -0.4 is 10.0 Å². The average molecular weight is 204 g/mol. The fourth-order valence-electron chi connectivity index (χ4n) is 1.38. The van der Waals surface area contributed by atoms with E-state index in [-0.39, 0.29) is 5.56 Å². The van der Waals surface area contributed by atoms with Gasteiger partial charge in [-0.1, -0.05) is 12.1 Å². The predicted molar refractivity (Wildman–Crippen MR) is 59.0 cm³/mol. The minimum Gasteiger partial charge on any atom is -0.545 e. The lowest BCUT2D eigenvalue weighted by atomic mass is 10.0. The Bertz CT molecular complexity index is 383. The molecule has 0 unspecified atom stereocenters. The molecule has 80 valence electrons. The number of anilines is 1. The van der Waals surface area contributed by atoms with E-state index >= 15 is 0 Å². The summed E-state index contributed by atoms with van der Waals surface area (Å²) in [4.78, 5) is 12.7. The average Bonchev–Trinajstić information content (AvgIpc) is 2.17. The summed E-state index contributed by atoms with van der Waals surface area (Å²) < 4.78 is 0. The summed E-state index contributed by atoms with van der Waals surface area (Å²) in [6.07, 6.45) is 2.21. The largest absolute Gasteiger partial charge is 0.545 e.